The molecule has 3 rings (SSSR count). The van der Waals surface area contributed by atoms with Gasteiger partial charge in [0.15, 0.2) is 0 Å². The van der Waals surface area contributed by atoms with Gasteiger partial charge in [0.05, 0.1) is 17.1 Å². The number of nitrogens with one attached hydrogen (secondary N) is 2. The fourth-order valence-electron chi connectivity index (χ4n) is 2.30. The van der Waals surface area contributed by atoms with Crippen LogP contribution in [0.1, 0.15) is 10.5 Å². The van der Waals surface area contributed by atoms with Gasteiger partial charge in [-0.1, -0.05) is 18.2 Å². The molecular weight excluding hydrogens is 384 g/mol. The number of amides is 2. The fraction of sp³-hybridized carbons (Fsp3) is 0.0500. The van der Waals surface area contributed by atoms with Crippen LogP contribution in [0.2, 0.25) is 0 Å². The molecule has 0 aliphatic heterocycles. The third-order valence-electron chi connectivity index (χ3n) is 3.60. The van der Waals surface area contributed by atoms with Gasteiger partial charge in [0.1, 0.15) is 17.3 Å². The first-order chi connectivity index (χ1) is 13.5. The zero-order valence-corrected chi connectivity index (χ0v) is 15.3. The van der Waals surface area contributed by atoms with Crippen molar-refractivity contribution in [2.75, 3.05) is 16.4 Å². The summed E-state index contributed by atoms with van der Waals surface area (Å²) in [6.07, 6.45) is 1.47. The predicted octanol–water partition coefficient (Wildman–Crippen LogP) is 4.34. The highest BCUT2D eigenvalue weighted by atomic mass is 32.2. The normalized spacial score (nSPS) is 10.4. The van der Waals surface area contributed by atoms with Gasteiger partial charge in [-0.05, 0) is 42.5 Å². The van der Waals surface area contributed by atoms with E-state index in [9.17, 15) is 18.4 Å². The second-order valence-electron chi connectivity index (χ2n) is 5.63. The third-order valence-corrected chi connectivity index (χ3v) is 4.65. The Bertz CT molecular complexity index is 1000. The van der Waals surface area contributed by atoms with Crippen molar-refractivity contribution >= 4 is 35.0 Å². The lowest BCUT2D eigenvalue weighted by molar-refractivity contribution is -0.113. The molecule has 1 aromatic heterocycles. The summed E-state index contributed by atoms with van der Waals surface area (Å²) in [6.45, 7) is 0. The number of anilines is 2. The van der Waals surface area contributed by atoms with E-state index in [0.29, 0.717) is 4.90 Å². The number of aromatic nitrogens is 1. The van der Waals surface area contributed by atoms with Crippen molar-refractivity contribution in [1.29, 1.82) is 0 Å². The van der Waals surface area contributed by atoms with Crippen LogP contribution in [0.3, 0.4) is 0 Å². The molecule has 0 radical (unpaired) electrons. The summed E-state index contributed by atoms with van der Waals surface area (Å²) in [6, 6.07) is 14.6. The average Bonchev–Trinajstić information content (AvgIpc) is 2.70. The number of hydrogen-bond donors (Lipinski definition) is 2. The molecule has 28 heavy (non-hydrogen) atoms. The van der Waals surface area contributed by atoms with Crippen molar-refractivity contribution in [2.45, 2.75) is 4.90 Å². The average molecular weight is 399 g/mol. The quantitative estimate of drug-likeness (QED) is 0.605. The molecule has 142 valence electrons. The topological polar surface area (TPSA) is 71.1 Å². The van der Waals surface area contributed by atoms with E-state index in [4.69, 9.17) is 0 Å². The minimum absolute atomic E-state index is 0.0783. The van der Waals surface area contributed by atoms with Crippen molar-refractivity contribution in [3.63, 3.8) is 0 Å². The van der Waals surface area contributed by atoms with E-state index in [-0.39, 0.29) is 22.8 Å². The van der Waals surface area contributed by atoms with Gasteiger partial charge in [0, 0.05) is 11.1 Å². The van der Waals surface area contributed by atoms with E-state index in [1.165, 1.54) is 24.4 Å². The molecule has 0 bridgehead atoms. The van der Waals surface area contributed by atoms with Gasteiger partial charge in [-0.15, -0.1) is 11.8 Å². The molecule has 0 unspecified atom stereocenters. The fourth-order valence-corrected chi connectivity index (χ4v) is 3.04. The van der Waals surface area contributed by atoms with E-state index >= 15 is 0 Å². The first-order valence-electron chi connectivity index (χ1n) is 8.22. The molecule has 0 spiro atoms. The van der Waals surface area contributed by atoms with Crippen molar-refractivity contribution in [1.82, 2.24) is 4.98 Å². The van der Waals surface area contributed by atoms with Gasteiger partial charge in [0.25, 0.3) is 5.91 Å². The smallest absolute Gasteiger partial charge is 0.274 e. The minimum Gasteiger partial charge on any atom is -0.323 e. The molecule has 3 aromatic rings. The Kier molecular flexibility index (Phi) is 6.33. The molecule has 0 saturated carbocycles. The summed E-state index contributed by atoms with van der Waals surface area (Å²) in [5, 5.41) is 5.13. The van der Waals surface area contributed by atoms with E-state index in [0.717, 1.165) is 23.9 Å². The zero-order chi connectivity index (χ0) is 19.9. The van der Waals surface area contributed by atoms with E-state index in [1.54, 1.807) is 30.3 Å². The Labute approximate surface area is 164 Å². The van der Waals surface area contributed by atoms with Crippen LogP contribution in [0.15, 0.2) is 71.8 Å². The molecule has 8 heteroatoms. The van der Waals surface area contributed by atoms with Crippen LogP contribution in [0.4, 0.5) is 20.2 Å². The van der Waals surface area contributed by atoms with Crippen molar-refractivity contribution in [2.24, 2.45) is 0 Å². The standard InChI is InChI=1S/C20H15F2N3O2S/c21-13-8-9-15(25-20(27)16-6-3-4-10-23-16)17(11-13)24-19(26)12-28-18-7-2-1-5-14(18)22/h1-11H,12H2,(H,24,26)(H,25,27). The summed E-state index contributed by atoms with van der Waals surface area (Å²) in [4.78, 5) is 28.7. The Hall–Kier alpha value is -3.26. The Morgan fingerprint density at radius 3 is 2.46 bits per heavy atom. The minimum atomic E-state index is -0.576. The molecule has 2 amide bonds. The highest BCUT2D eigenvalue weighted by molar-refractivity contribution is 8.00. The lowest BCUT2D eigenvalue weighted by Gasteiger charge is -2.12. The molecule has 0 aliphatic carbocycles. The second kappa shape index (κ2) is 9.09. The van der Waals surface area contributed by atoms with Gasteiger partial charge >= 0.3 is 0 Å². The summed E-state index contributed by atoms with van der Waals surface area (Å²) < 4.78 is 27.3. The molecule has 1 heterocycles. The summed E-state index contributed by atoms with van der Waals surface area (Å²) in [7, 11) is 0. The van der Waals surface area contributed by atoms with Crippen LogP contribution < -0.4 is 10.6 Å². The Morgan fingerprint density at radius 1 is 0.929 bits per heavy atom. The number of benzene rings is 2. The molecule has 0 fully saturated rings. The molecule has 5 nitrogen and oxygen atoms in total. The van der Waals surface area contributed by atoms with E-state index < -0.39 is 23.4 Å². The number of carbonyl (C=O) groups is 2. The van der Waals surface area contributed by atoms with Crippen molar-refractivity contribution < 1.29 is 18.4 Å². The van der Waals surface area contributed by atoms with Crippen molar-refractivity contribution in [3.8, 4) is 0 Å². The van der Waals surface area contributed by atoms with Crippen LogP contribution in [0, 0.1) is 11.6 Å². The molecular formula is C20H15F2N3O2S. The number of pyridine rings is 1. The number of nitrogens with zero attached hydrogens (tertiary/aromatic N) is 1. The Balaban J connectivity index is 1.69. The van der Waals surface area contributed by atoms with Crippen LogP contribution in [0.25, 0.3) is 0 Å². The lowest BCUT2D eigenvalue weighted by atomic mass is 10.2. The summed E-state index contributed by atoms with van der Waals surface area (Å²) in [5.41, 5.74) is 0.504. The number of halogens is 2. The number of carbonyl (C=O) groups excluding carboxylic acids is 2. The summed E-state index contributed by atoms with van der Waals surface area (Å²) >= 11 is 1.02. The number of thioether (sulfide) groups is 1. The highest BCUT2D eigenvalue weighted by Crippen LogP contribution is 2.25. The first-order valence-corrected chi connectivity index (χ1v) is 9.20. The second-order valence-corrected chi connectivity index (χ2v) is 6.64. The van der Waals surface area contributed by atoms with Crippen LogP contribution in [-0.2, 0) is 4.79 Å². The number of rotatable bonds is 6. The first kappa shape index (κ1) is 19.5. The lowest BCUT2D eigenvalue weighted by Crippen LogP contribution is -2.18. The van der Waals surface area contributed by atoms with Crippen LogP contribution in [-0.4, -0.2) is 22.6 Å². The van der Waals surface area contributed by atoms with Gasteiger partial charge in [-0.2, -0.15) is 0 Å². The predicted molar refractivity (Wildman–Crippen MR) is 104 cm³/mol. The van der Waals surface area contributed by atoms with Crippen LogP contribution in [0.5, 0.6) is 0 Å². The molecule has 0 atom stereocenters. The molecule has 0 aliphatic rings. The maximum atomic E-state index is 13.6. The SMILES string of the molecule is O=C(CSc1ccccc1F)Nc1cc(F)ccc1NC(=O)c1ccccn1. The highest BCUT2D eigenvalue weighted by Gasteiger charge is 2.13. The van der Waals surface area contributed by atoms with Gasteiger partial charge in [0.2, 0.25) is 5.91 Å². The van der Waals surface area contributed by atoms with Gasteiger partial charge in [-0.3, -0.25) is 14.6 Å². The third kappa shape index (κ3) is 5.14. The van der Waals surface area contributed by atoms with E-state index in [2.05, 4.69) is 15.6 Å². The molecule has 2 N–H and O–H groups in total. The van der Waals surface area contributed by atoms with Gasteiger partial charge < -0.3 is 10.6 Å². The largest absolute Gasteiger partial charge is 0.323 e. The maximum Gasteiger partial charge on any atom is 0.274 e. The van der Waals surface area contributed by atoms with Crippen molar-refractivity contribution in [3.05, 3.63) is 84.2 Å². The summed E-state index contributed by atoms with van der Waals surface area (Å²) in [5.74, 6) is -2.04. The van der Waals surface area contributed by atoms with Gasteiger partial charge in [-0.25, -0.2) is 8.78 Å². The zero-order valence-electron chi connectivity index (χ0n) is 14.5. The van der Waals surface area contributed by atoms with Crippen LogP contribution >= 0.6 is 11.8 Å². The molecule has 0 saturated heterocycles. The maximum absolute atomic E-state index is 13.6. The van der Waals surface area contributed by atoms with E-state index in [1.807, 2.05) is 0 Å². The number of hydrogen-bond acceptors (Lipinski definition) is 4. The Morgan fingerprint density at radius 2 is 1.71 bits per heavy atom. The monoisotopic (exact) mass is 399 g/mol. The molecule has 2 aromatic carbocycles.